The molecular formula is C24H23N3O2. The predicted octanol–water partition coefficient (Wildman–Crippen LogP) is 3.26. The molecule has 0 bridgehead atoms. The van der Waals surface area contributed by atoms with E-state index in [1.165, 1.54) is 21.4 Å². The van der Waals surface area contributed by atoms with Crippen LogP contribution in [0.2, 0.25) is 0 Å². The maximum Gasteiger partial charge on any atom is 0.261 e. The van der Waals surface area contributed by atoms with Gasteiger partial charge in [-0.1, -0.05) is 48.5 Å². The van der Waals surface area contributed by atoms with Gasteiger partial charge in [0.05, 0.1) is 11.1 Å². The fraction of sp³-hybridized carbons (Fsp3) is 0.250. The molecule has 3 aromatic rings. The zero-order valence-electron chi connectivity index (χ0n) is 16.3. The minimum Gasteiger partial charge on any atom is -0.368 e. The van der Waals surface area contributed by atoms with Crippen LogP contribution in [0.15, 0.2) is 66.7 Å². The first kappa shape index (κ1) is 17.9. The molecule has 1 fully saturated rings. The van der Waals surface area contributed by atoms with Gasteiger partial charge in [0, 0.05) is 50.3 Å². The van der Waals surface area contributed by atoms with E-state index in [0.29, 0.717) is 17.7 Å². The third kappa shape index (κ3) is 3.17. The van der Waals surface area contributed by atoms with Crippen LogP contribution >= 0.6 is 0 Å². The van der Waals surface area contributed by atoms with Gasteiger partial charge in [-0.25, -0.2) is 0 Å². The van der Waals surface area contributed by atoms with E-state index in [9.17, 15) is 9.59 Å². The maximum absolute atomic E-state index is 12.5. The highest BCUT2D eigenvalue weighted by Gasteiger charge is 2.35. The molecule has 1 saturated heterocycles. The molecule has 0 radical (unpaired) electrons. The summed E-state index contributed by atoms with van der Waals surface area (Å²) in [6.07, 6.45) is 0. The average Bonchev–Trinajstić information content (AvgIpc) is 3.02. The predicted molar refractivity (Wildman–Crippen MR) is 114 cm³/mol. The van der Waals surface area contributed by atoms with E-state index in [4.69, 9.17) is 0 Å². The van der Waals surface area contributed by atoms with Crippen LogP contribution in [0.4, 0.5) is 5.69 Å². The Morgan fingerprint density at radius 3 is 2.00 bits per heavy atom. The summed E-state index contributed by atoms with van der Waals surface area (Å²) in [6, 6.07) is 22.0. The van der Waals surface area contributed by atoms with Gasteiger partial charge in [0.15, 0.2) is 0 Å². The van der Waals surface area contributed by atoms with Gasteiger partial charge in [-0.3, -0.25) is 19.4 Å². The number of carbonyl (C=O) groups is 2. The maximum atomic E-state index is 12.5. The number of carbonyl (C=O) groups excluding carboxylic acids is 2. The number of fused-ring (bicyclic) bond motifs is 2. The van der Waals surface area contributed by atoms with Crippen molar-refractivity contribution < 1.29 is 9.59 Å². The fourth-order valence-electron chi connectivity index (χ4n) is 4.38. The first-order chi connectivity index (χ1) is 14.2. The zero-order valence-corrected chi connectivity index (χ0v) is 16.3. The summed E-state index contributed by atoms with van der Waals surface area (Å²) in [4.78, 5) is 31.2. The lowest BCUT2D eigenvalue weighted by Gasteiger charge is -2.37. The van der Waals surface area contributed by atoms with Crippen molar-refractivity contribution in [1.29, 1.82) is 0 Å². The third-order valence-corrected chi connectivity index (χ3v) is 6.00. The number of amides is 2. The fourth-order valence-corrected chi connectivity index (χ4v) is 4.38. The van der Waals surface area contributed by atoms with Gasteiger partial charge in [-0.2, -0.15) is 0 Å². The number of nitrogens with zero attached hydrogens (tertiary/aromatic N) is 3. The molecular weight excluding hydrogens is 362 g/mol. The highest BCUT2D eigenvalue weighted by Crippen LogP contribution is 2.27. The SMILES string of the molecule is O=C1c2ccccc2C(=O)N1CCN1CCN(c2cccc3ccccc23)CC1. The van der Waals surface area contributed by atoms with Crippen LogP contribution in [0.1, 0.15) is 20.7 Å². The minimum atomic E-state index is -0.167. The van der Waals surface area contributed by atoms with Gasteiger partial charge in [-0.15, -0.1) is 0 Å². The van der Waals surface area contributed by atoms with Gasteiger partial charge in [0.1, 0.15) is 0 Å². The Morgan fingerprint density at radius 1 is 0.655 bits per heavy atom. The summed E-state index contributed by atoms with van der Waals surface area (Å²) in [5, 5.41) is 2.55. The molecule has 146 valence electrons. The zero-order chi connectivity index (χ0) is 19.8. The normalized spacial score (nSPS) is 17.2. The standard InChI is InChI=1S/C24H23N3O2/c28-23-20-9-3-4-10-21(20)24(29)27(23)17-14-25-12-15-26(16-13-25)22-11-5-7-18-6-1-2-8-19(18)22/h1-11H,12-17H2. The van der Waals surface area contributed by atoms with E-state index in [1.54, 1.807) is 24.3 Å². The van der Waals surface area contributed by atoms with E-state index >= 15 is 0 Å². The Balaban J connectivity index is 1.21. The van der Waals surface area contributed by atoms with Crippen LogP contribution in [-0.4, -0.2) is 60.9 Å². The molecule has 2 heterocycles. The monoisotopic (exact) mass is 385 g/mol. The number of piperazine rings is 1. The van der Waals surface area contributed by atoms with Crippen molar-refractivity contribution in [2.75, 3.05) is 44.2 Å². The first-order valence-corrected chi connectivity index (χ1v) is 10.1. The summed E-state index contributed by atoms with van der Waals surface area (Å²) in [6.45, 7) is 4.89. The lowest BCUT2D eigenvalue weighted by Crippen LogP contribution is -2.49. The molecule has 0 atom stereocenters. The second kappa shape index (κ2) is 7.33. The number of anilines is 1. The summed E-state index contributed by atoms with van der Waals surface area (Å²) < 4.78 is 0. The first-order valence-electron chi connectivity index (χ1n) is 10.1. The van der Waals surface area contributed by atoms with Crippen LogP contribution < -0.4 is 4.90 Å². The molecule has 0 aliphatic carbocycles. The van der Waals surface area contributed by atoms with Crippen molar-refractivity contribution in [3.05, 3.63) is 77.9 Å². The van der Waals surface area contributed by atoms with Gasteiger partial charge >= 0.3 is 0 Å². The van der Waals surface area contributed by atoms with Crippen LogP contribution in [0, 0.1) is 0 Å². The van der Waals surface area contributed by atoms with E-state index in [1.807, 2.05) is 0 Å². The molecule has 2 amide bonds. The molecule has 0 aromatic heterocycles. The van der Waals surface area contributed by atoms with E-state index < -0.39 is 0 Å². The molecule has 0 saturated carbocycles. The number of hydrogen-bond donors (Lipinski definition) is 0. The van der Waals surface area contributed by atoms with Crippen LogP contribution in [-0.2, 0) is 0 Å². The average molecular weight is 385 g/mol. The summed E-state index contributed by atoms with van der Waals surface area (Å²) in [7, 11) is 0. The highest BCUT2D eigenvalue weighted by atomic mass is 16.2. The largest absolute Gasteiger partial charge is 0.368 e. The molecule has 0 N–H and O–H groups in total. The van der Waals surface area contributed by atoms with Gasteiger partial charge in [-0.05, 0) is 23.6 Å². The molecule has 0 spiro atoms. The van der Waals surface area contributed by atoms with Gasteiger partial charge in [0.2, 0.25) is 0 Å². The van der Waals surface area contributed by atoms with Crippen LogP contribution in [0.3, 0.4) is 0 Å². The van der Waals surface area contributed by atoms with E-state index in [2.05, 4.69) is 52.3 Å². The Bertz CT molecular complexity index is 1050. The number of rotatable bonds is 4. The minimum absolute atomic E-state index is 0.167. The number of benzene rings is 3. The Morgan fingerprint density at radius 2 is 1.28 bits per heavy atom. The molecule has 2 aliphatic heterocycles. The smallest absolute Gasteiger partial charge is 0.261 e. The topological polar surface area (TPSA) is 43.9 Å². The Hall–Kier alpha value is -3.18. The lowest BCUT2D eigenvalue weighted by atomic mass is 10.1. The second-order valence-corrected chi connectivity index (χ2v) is 7.63. The lowest BCUT2D eigenvalue weighted by molar-refractivity contribution is 0.0635. The molecule has 5 rings (SSSR count). The quantitative estimate of drug-likeness (QED) is 0.647. The van der Waals surface area contributed by atoms with Gasteiger partial charge < -0.3 is 4.90 Å². The van der Waals surface area contributed by atoms with Crippen LogP contribution in [0.5, 0.6) is 0 Å². The molecule has 29 heavy (non-hydrogen) atoms. The van der Waals surface area contributed by atoms with E-state index in [0.717, 1.165) is 32.7 Å². The third-order valence-electron chi connectivity index (χ3n) is 6.00. The summed E-state index contributed by atoms with van der Waals surface area (Å²) >= 11 is 0. The van der Waals surface area contributed by atoms with Crippen molar-refractivity contribution in [1.82, 2.24) is 9.80 Å². The molecule has 0 unspecified atom stereocenters. The highest BCUT2D eigenvalue weighted by molar-refractivity contribution is 6.21. The van der Waals surface area contributed by atoms with Crippen molar-refractivity contribution >= 4 is 28.3 Å². The molecule has 3 aromatic carbocycles. The Labute approximate surface area is 170 Å². The van der Waals surface area contributed by atoms with Crippen molar-refractivity contribution in [2.24, 2.45) is 0 Å². The summed E-state index contributed by atoms with van der Waals surface area (Å²) in [5.41, 5.74) is 2.33. The summed E-state index contributed by atoms with van der Waals surface area (Å²) in [5.74, 6) is -0.333. The molecule has 5 heteroatoms. The van der Waals surface area contributed by atoms with Crippen LogP contribution in [0.25, 0.3) is 10.8 Å². The second-order valence-electron chi connectivity index (χ2n) is 7.63. The van der Waals surface area contributed by atoms with Crippen molar-refractivity contribution in [2.45, 2.75) is 0 Å². The molecule has 5 nitrogen and oxygen atoms in total. The van der Waals surface area contributed by atoms with Crippen molar-refractivity contribution in [3.8, 4) is 0 Å². The molecule has 2 aliphatic rings. The Kier molecular flexibility index (Phi) is 4.52. The number of hydrogen-bond acceptors (Lipinski definition) is 4. The number of imide groups is 1. The van der Waals surface area contributed by atoms with Crippen molar-refractivity contribution in [3.63, 3.8) is 0 Å². The van der Waals surface area contributed by atoms with Gasteiger partial charge in [0.25, 0.3) is 11.8 Å². The van der Waals surface area contributed by atoms with E-state index in [-0.39, 0.29) is 11.8 Å².